The summed E-state index contributed by atoms with van der Waals surface area (Å²) in [5.74, 6) is 0.717. The van der Waals surface area contributed by atoms with E-state index in [4.69, 9.17) is 10.5 Å². The van der Waals surface area contributed by atoms with E-state index in [-0.39, 0.29) is 12.0 Å². The lowest BCUT2D eigenvalue weighted by Gasteiger charge is -2.11. The lowest BCUT2D eigenvalue weighted by Crippen LogP contribution is -2.34. The SMILES string of the molecule is NCCn1cnc(C(=O)NCC2Cc3ccccc3O2)c1. The van der Waals surface area contributed by atoms with Crippen molar-refractivity contribution in [2.45, 2.75) is 19.1 Å². The van der Waals surface area contributed by atoms with Gasteiger partial charge in [0, 0.05) is 25.7 Å². The highest BCUT2D eigenvalue weighted by Gasteiger charge is 2.23. The van der Waals surface area contributed by atoms with Crippen LogP contribution in [0.15, 0.2) is 36.8 Å². The number of nitrogens with zero attached hydrogens (tertiary/aromatic N) is 2. The molecule has 0 spiro atoms. The van der Waals surface area contributed by atoms with Crippen LogP contribution in [0.5, 0.6) is 5.75 Å². The highest BCUT2D eigenvalue weighted by Crippen LogP contribution is 2.27. The van der Waals surface area contributed by atoms with E-state index >= 15 is 0 Å². The average Bonchev–Trinajstić information content (AvgIpc) is 3.11. The molecule has 21 heavy (non-hydrogen) atoms. The molecule has 0 saturated carbocycles. The summed E-state index contributed by atoms with van der Waals surface area (Å²) >= 11 is 0. The lowest BCUT2D eigenvalue weighted by molar-refractivity contribution is 0.0929. The Morgan fingerprint density at radius 2 is 2.33 bits per heavy atom. The molecule has 0 fully saturated rings. The predicted octanol–water partition coefficient (Wildman–Crippen LogP) is 0.575. The largest absolute Gasteiger partial charge is 0.488 e. The fourth-order valence-corrected chi connectivity index (χ4v) is 2.41. The molecule has 3 N–H and O–H groups in total. The van der Waals surface area contributed by atoms with Crippen molar-refractivity contribution >= 4 is 5.91 Å². The number of rotatable bonds is 5. The molecular formula is C15H18N4O2. The molecule has 110 valence electrons. The molecule has 1 aliphatic heterocycles. The number of carbonyl (C=O) groups excluding carboxylic acids is 1. The molecule has 1 aliphatic rings. The third kappa shape index (κ3) is 3.05. The van der Waals surface area contributed by atoms with Crippen molar-refractivity contribution in [3.05, 3.63) is 48.0 Å². The number of ether oxygens (including phenoxy) is 1. The minimum Gasteiger partial charge on any atom is -0.488 e. The highest BCUT2D eigenvalue weighted by atomic mass is 16.5. The molecule has 0 bridgehead atoms. The van der Waals surface area contributed by atoms with Gasteiger partial charge in [0.25, 0.3) is 5.91 Å². The Bertz CT molecular complexity index is 613. The van der Waals surface area contributed by atoms with Gasteiger partial charge in [0.1, 0.15) is 17.5 Å². The van der Waals surface area contributed by atoms with Crippen LogP contribution in [0.4, 0.5) is 0 Å². The summed E-state index contributed by atoms with van der Waals surface area (Å²) in [6, 6.07) is 7.94. The van der Waals surface area contributed by atoms with Gasteiger partial charge in [-0.3, -0.25) is 4.79 Å². The fraction of sp³-hybridized carbons (Fsp3) is 0.333. The third-order valence-electron chi connectivity index (χ3n) is 3.46. The predicted molar refractivity (Wildman–Crippen MR) is 78.2 cm³/mol. The van der Waals surface area contributed by atoms with E-state index in [0.29, 0.717) is 25.3 Å². The number of nitrogens with two attached hydrogens (primary N) is 1. The maximum atomic E-state index is 12.0. The summed E-state index contributed by atoms with van der Waals surface area (Å²) in [5.41, 5.74) is 7.05. The van der Waals surface area contributed by atoms with Gasteiger partial charge >= 0.3 is 0 Å². The number of hydrogen-bond acceptors (Lipinski definition) is 4. The summed E-state index contributed by atoms with van der Waals surface area (Å²) in [6.07, 6.45) is 4.12. The summed E-state index contributed by atoms with van der Waals surface area (Å²) in [4.78, 5) is 16.1. The van der Waals surface area contributed by atoms with E-state index in [1.54, 1.807) is 17.1 Å². The van der Waals surface area contributed by atoms with Crippen LogP contribution in [0.1, 0.15) is 16.1 Å². The number of hydrogen-bond donors (Lipinski definition) is 2. The van der Waals surface area contributed by atoms with E-state index in [2.05, 4.69) is 10.3 Å². The monoisotopic (exact) mass is 286 g/mol. The van der Waals surface area contributed by atoms with Gasteiger partial charge in [-0.15, -0.1) is 0 Å². The maximum Gasteiger partial charge on any atom is 0.271 e. The number of para-hydroxylation sites is 1. The van der Waals surface area contributed by atoms with Crippen LogP contribution in [-0.2, 0) is 13.0 Å². The summed E-state index contributed by atoms with van der Waals surface area (Å²) < 4.78 is 7.58. The van der Waals surface area contributed by atoms with Gasteiger partial charge in [-0.25, -0.2) is 4.98 Å². The van der Waals surface area contributed by atoms with Crippen LogP contribution in [0.25, 0.3) is 0 Å². The zero-order valence-corrected chi connectivity index (χ0v) is 11.7. The van der Waals surface area contributed by atoms with Crippen LogP contribution in [0.3, 0.4) is 0 Å². The Balaban J connectivity index is 1.52. The minimum absolute atomic E-state index is 0.0162. The smallest absolute Gasteiger partial charge is 0.271 e. The van der Waals surface area contributed by atoms with Gasteiger partial charge in [-0.1, -0.05) is 18.2 Å². The van der Waals surface area contributed by atoms with Crippen molar-refractivity contribution in [1.82, 2.24) is 14.9 Å². The quantitative estimate of drug-likeness (QED) is 0.842. The van der Waals surface area contributed by atoms with Crippen molar-refractivity contribution in [3.8, 4) is 5.75 Å². The van der Waals surface area contributed by atoms with E-state index in [1.165, 1.54) is 5.56 Å². The normalized spacial score (nSPS) is 16.3. The van der Waals surface area contributed by atoms with Crippen LogP contribution in [0, 0.1) is 0 Å². The first kappa shape index (κ1) is 13.6. The number of benzene rings is 1. The van der Waals surface area contributed by atoms with Crippen LogP contribution in [0.2, 0.25) is 0 Å². The Labute approximate surface area is 122 Å². The Hall–Kier alpha value is -2.34. The van der Waals surface area contributed by atoms with Gasteiger partial charge in [0.15, 0.2) is 0 Å². The van der Waals surface area contributed by atoms with E-state index in [9.17, 15) is 4.79 Å². The molecular weight excluding hydrogens is 268 g/mol. The molecule has 1 aromatic heterocycles. The van der Waals surface area contributed by atoms with Crippen LogP contribution < -0.4 is 15.8 Å². The van der Waals surface area contributed by atoms with E-state index < -0.39 is 0 Å². The molecule has 1 amide bonds. The number of carbonyl (C=O) groups is 1. The first-order valence-electron chi connectivity index (χ1n) is 7.01. The average molecular weight is 286 g/mol. The molecule has 3 rings (SSSR count). The van der Waals surface area contributed by atoms with Crippen molar-refractivity contribution in [2.24, 2.45) is 5.73 Å². The molecule has 1 atom stereocenters. The molecule has 2 aromatic rings. The standard InChI is InChI=1S/C15H18N4O2/c16-5-6-19-9-13(18-10-19)15(20)17-8-12-7-11-3-1-2-4-14(11)21-12/h1-4,9-10,12H,5-8,16H2,(H,17,20). The summed E-state index contributed by atoms with van der Waals surface area (Å²) in [6.45, 7) is 1.64. The molecule has 6 nitrogen and oxygen atoms in total. The topological polar surface area (TPSA) is 82.2 Å². The number of aromatic nitrogens is 2. The summed E-state index contributed by atoms with van der Waals surface area (Å²) in [7, 11) is 0. The molecule has 2 heterocycles. The molecule has 6 heteroatoms. The molecule has 1 aromatic carbocycles. The Kier molecular flexibility index (Phi) is 3.87. The number of imidazole rings is 1. The molecule has 0 radical (unpaired) electrons. The highest BCUT2D eigenvalue weighted by molar-refractivity contribution is 5.92. The Morgan fingerprint density at radius 1 is 1.48 bits per heavy atom. The van der Waals surface area contributed by atoms with Crippen molar-refractivity contribution < 1.29 is 9.53 Å². The van der Waals surface area contributed by atoms with Gasteiger partial charge in [0.2, 0.25) is 0 Å². The van der Waals surface area contributed by atoms with Crippen molar-refractivity contribution in [2.75, 3.05) is 13.1 Å². The molecule has 0 aliphatic carbocycles. The van der Waals surface area contributed by atoms with Gasteiger partial charge in [-0.05, 0) is 11.6 Å². The zero-order chi connectivity index (χ0) is 14.7. The van der Waals surface area contributed by atoms with Gasteiger partial charge in [0.05, 0.1) is 12.9 Å². The van der Waals surface area contributed by atoms with E-state index in [0.717, 1.165) is 12.2 Å². The van der Waals surface area contributed by atoms with Crippen molar-refractivity contribution in [1.29, 1.82) is 0 Å². The number of fused-ring (bicyclic) bond motifs is 1. The second kappa shape index (κ2) is 5.97. The third-order valence-corrected chi connectivity index (χ3v) is 3.46. The minimum atomic E-state index is -0.190. The second-order valence-electron chi connectivity index (χ2n) is 5.05. The maximum absolute atomic E-state index is 12.0. The molecule has 0 saturated heterocycles. The Morgan fingerprint density at radius 3 is 3.14 bits per heavy atom. The number of amides is 1. The number of nitrogens with one attached hydrogen (secondary N) is 1. The van der Waals surface area contributed by atoms with E-state index in [1.807, 2.05) is 24.3 Å². The van der Waals surface area contributed by atoms with Crippen LogP contribution >= 0.6 is 0 Å². The first-order chi connectivity index (χ1) is 10.3. The fourth-order valence-electron chi connectivity index (χ4n) is 2.41. The van der Waals surface area contributed by atoms with Gasteiger partial charge < -0.3 is 20.4 Å². The van der Waals surface area contributed by atoms with Gasteiger partial charge in [-0.2, -0.15) is 0 Å². The first-order valence-corrected chi connectivity index (χ1v) is 7.01. The second-order valence-corrected chi connectivity index (χ2v) is 5.05. The van der Waals surface area contributed by atoms with Crippen molar-refractivity contribution in [3.63, 3.8) is 0 Å². The lowest BCUT2D eigenvalue weighted by atomic mass is 10.1. The molecule has 1 unspecified atom stereocenters. The summed E-state index contributed by atoms with van der Waals surface area (Å²) in [5, 5.41) is 2.86. The zero-order valence-electron chi connectivity index (χ0n) is 11.7. The van der Waals surface area contributed by atoms with Crippen LogP contribution in [-0.4, -0.2) is 34.7 Å².